The highest BCUT2D eigenvalue weighted by Crippen LogP contribution is 2.38. The number of anilines is 1. The molecule has 6 heterocycles. The van der Waals surface area contributed by atoms with Crippen molar-refractivity contribution in [2.45, 2.75) is 68.1 Å². The van der Waals surface area contributed by atoms with Crippen molar-refractivity contribution >= 4 is 46.0 Å². The van der Waals surface area contributed by atoms with Crippen molar-refractivity contribution in [2.24, 2.45) is 0 Å². The Bertz CT molecular complexity index is 2290. The number of carbonyl (C=O) groups is 1. The third-order valence-electron chi connectivity index (χ3n) is 11.6. The number of alkyl halides is 1. The molecule has 0 radical (unpaired) electrons. The van der Waals surface area contributed by atoms with Crippen LogP contribution in [-0.4, -0.2) is 98.1 Å². The highest BCUT2D eigenvalue weighted by molar-refractivity contribution is 7.81. The van der Waals surface area contributed by atoms with Crippen molar-refractivity contribution in [3.8, 4) is 29.6 Å². The summed E-state index contributed by atoms with van der Waals surface area (Å²) in [5.41, 5.74) is 0.509. The number of benzene rings is 2. The van der Waals surface area contributed by atoms with Gasteiger partial charge >= 0.3 is 6.01 Å². The molecule has 3 saturated heterocycles. The van der Waals surface area contributed by atoms with E-state index < -0.39 is 28.6 Å². The smallest absolute Gasteiger partial charge is 0.319 e. The van der Waals surface area contributed by atoms with Crippen LogP contribution in [0.15, 0.2) is 55.1 Å². The zero-order valence-electron chi connectivity index (χ0n) is 30.0. The Labute approximate surface area is 316 Å². The molecule has 10 nitrogen and oxygen atoms in total. The number of nitrogens with zero attached hydrogens (tertiary/aromatic N) is 7. The van der Waals surface area contributed by atoms with E-state index in [1.165, 1.54) is 17.2 Å². The van der Waals surface area contributed by atoms with E-state index in [0.717, 1.165) is 19.4 Å². The van der Waals surface area contributed by atoms with Crippen LogP contribution in [-0.2, 0) is 11.2 Å². The quantitative estimate of drug-likeness (QED) is 0.169. The lowest BCUT2D eigenvalue weighted by Gasteiger charge is -2.33. The first-order valence-electron chi connectivity index (χ1n) is 18.2. The van der Waals surface area contributed by atoms with Gasteiger partial charge in [0.05, 0.1) is 34.5 Å². The van der Waals surface area contributed by atoms with E-state index >= 15 is 4.39 Å². The number of likely N-dealkylation sites (tertiary alicyclic amines) is 1. The van der Waals surface area contributed by atoms with E-state index in [1.807, 2.05) is 18.9 Å². The third kappa shape index (κ3) is 6.26. The van der Waals surface area contributed by atoms with Crippen LogP contribution < -0.4 is 14.5 Å². The fourth-order valence-corrected chi connectivity index (χ4v) is 9.24. The summed E-state index contributed by atoms with van der Waals surface area (Å²) in [5, 5.41) is 0.719. The molecular weight excluding hydrogens is 714 g/mol. The average Bonchev–Trinajstić information content (AvgIpc) is 3.85. The third-order valence-corrected chi connectivity index (χ3v) is 12.0. The normalized spacial score (nSPS) is 24.1. The zero-order valence-corrected chi connectivity index (χ0v) is 30.9. The molecule has 0 bridgehead atoms. The second kappa shape index (κ2) is 14.3. The monoisotopic (exact) mass is 753 g/mol. The summed E-state index contributed by atoms with van der Waals surface area (Å²) in [5.74, 6) is 1.33. The number of terminal acetylenes is 1. The Hall–Kier alpha value is -5.00. The first-order chi connectivity index (χ1) is 26.1. The molecule has 3 aliphatic rings. The molecular formula is C40H40F3N8O2S+. The highest BCUT2D eigenvalue weighted by atomic mass is 32.1. The minimum absolute atomic E-state index is 0.0107. The molecule has 2 aromatic carbocycles. The predicted molar refractivity (Wildman–Crippen MR) is 202 cm³/mol. The topological polar surface area (TPSA) is 102 Å². The molecule has 0 spiro atoms. The van der Waals surface area contributed by atoms with Crippen molar-refractivity contribution in [2.75, 3.05) is 38.2 Å². The van der Waals surface area contributed by atoms with Crippen molar-refractivity contribution in [1.29, 1.82) is 0 Å². The van der Waals surface area contributed by atoms with Crippen LogP contribution in [0.5, 0.6) is 6.01 Å². The van der Waals surface area contributed by atoms with Crippen molar-refractivity contribution in [1.82, 2.24) is 29.8 Å². The van der Waals surface area contributed by atoms with Gasteiger partial charge in [0.2, 0.25) is 5.91 Å². The number of rotatable bonds is 9. The molecule has 3 aromatic heterocycles. The largest absolute Gasteiger partial charge is 0.457 e. The Balaban J connectivity index is 1.17. The van der Waals surface area contributed by atoms with E-state index in [9.17, 15) is 13.6 Å². The standard InChI is InChI=1S/C40H39F3N8O2S/c1-4-27-30(42)10-9-24-7-5-8-28(33(24)27)35-34(43)36-29(20-46-35)37(48-39(47-36)53-22-40-12-6-15-50(40)21-25(41)18-40)49(3)31-11-16-51(23(31)2)38(52)32(54)17-26-19-44-13-14-45-26/h1,5,7-10,13-14,19-20,23,25,31-32,54H,6,11-12,15-18,21-22H2,2-3H3/p+1/t23-,25-,31-,32+,40+/m1/s1. The maximum absolute atomic E-state index is 17.0. The van der Waals surface area contributed by atoms with Gasteiger partial charge in [0.15, 0.2) is 12.0 Å². The van der Waals surface area contributed by atoms with Crippen molar-refractivity contribution in [3.63, 3.8) is 0 Å². The molecule has 14 heteroatoms. The molecule has 54 heavy (non-hydrogen) atoms. The Morgan fingerprint density at radius 3 is 2.85 bits per heavy atom. The molecule has 1 N–H and O–H groups in total. The number of halogens is 3. The number of amides is 1. The van der Waals surface area contributed by atoms with Gasteiger partial charge in [-0.3, -0.25) is 19.7 Å². The number of carbonyl (C=O) groups excluding carboxylic acids is 1. The minimum atomic E-state index is -0.917. The Morgan fingerprint density at radius 1 is 1.20 bits per heavy atom. The van der Waals surface area contributed by atoms with Crippen LogP contribution in [0.25, 0.3) is 32.9 Å². The first kappa shape index (κ1) is 36.0. The predicted octanol–water partition coefficient (Wildman–Crippen LogP) is 4.40. The van der Waals surface area contributed by atoms with E-state index in [4.69, 9.17) is 16.1 Å². The summed E-state index contributed by atoms with van der Waals surface area (Å²) < 4.78 is 52.9. The number of nitrogens with one attached hydrogen (secondary N) is 1. The highest BCUT2D eigenvalue weighted by Gasteiger charge is 2.54. The van der Waals surface area contributed by atoms with Gasteiger partial charge in [0.1, 0.15) is 41.5 Å². The molecule has 1 amide bonds. The van der Waals surface area contributed by atoms with Crippen LogP contribution in [0.2, 0.25) is 0 Å². The summed E-state index contributed by atoms with van der Waals surface area (Å²) in [6, 6.07) is 7.54. The van der Waals surface area contributed by atoms with Crippen LogP contribution in [0.4, 0.5) is 19.0 Å². The van der Waals surface area contributed by atoms with E-state index in [2.05, 4.69) is 38.5 Å². The lowest BCUT2D eigenvalue weighted by molar-refractivity contribution is -0.926. The molecule has 5 aromatic rings. The summed E-state index contributed by atoms with van der Waals surface area (Å²) in [4.78, 5) is 40.9. The number of hydrogen-bond donors (Lipinski definition) is 2. The minimum Gasteiger partial charge on any atom is -0.457 e. The molecule has 8 rings (SSSR count). The summed E-state index contributed by atoms with van der Waals surface area (Å²) in [6.45, 7) is 3.94. The summed E-state index contributed by atoms with van der Waals surface area (Å²) in [7, 11) is 1.85. The fraction of sp³-hybridized carbons (Fsp3) is 0.400. The van der Waals surface area contributed by atoms with Crippen LogP contribution >= 0.6 is 12.6 Å². The van der Waals surface area contributed by atoms with Crippen LogP contribution in [0.3, 0.4) is 0 Å². The van der Waals surface area contributed by atoms with Crippen LogP contribution in [0.1, 0.15) is 43.9 Å². The Morgan fingerprint density at radius 2 is 2.06 bits per heavy atom. The van der Waals surface area contributed by atoms with Crippen molar-refractivity contribution in [3.05, 3.63) is 78.0 Å². The SMILES string of the molecule is C#Cc1c(F)ccc2cccc(-c3ncc4c(N(C)[C@@H]5CCN(C(=O)[C@@H](S)Cc6cnccn6)[C@@H]5C)nc(OC[C@@]56CCC[NH+]5C[C@H](F)C6)nc4c3F)c12. The molecule has 3 aliphatic heterocycles. The number of likely N-dealkylation sites (N-methyl/N-ethyl adjacent to an activating group) is 1. The van der Waals surface area contributed by atoms with Gasteiger partial charge in [0.25, 0.3) is 0 Å². The maximum Gasteiger partial charge on any atom is 0.319 e. The number of hydrogen-bond acceptors (Lipinski definition) is 9. The summed E-state index contributed by atoms with van der Waals surface area (Å²) >= 11 is 4.63. The van der Waals surface area contributed by atoms with E-state index in [1.54, 1.807) is 47.8 Å². The van der Waals surface area contributed by atoms with E-state index in [0.29, 0.717) is 65.6 Å². The zero-order chi connectivity index (χ0) is 37.7. The van der Waals surface area contributed by atoms with Gasteiger partial charge in [-0.1, -0.05) is 30.2 Å². The summed E-state index contributed by atoms with van der Waals surface area (Å²) in [6.07, 6.45) is 14.2. The number of thiol groups is 1. The Kier molecular flexibility index (Phi) is 9.56. The van der Waals surface area contributed by atoms with Gasteiger partial charge in [-0.05, 0) is 24.8 Å². The lowest BCUT2D eigenvalue weighted by Crippen LogP contribution is -3.16. The molecule has 0 aliphatic carbocycles. The maximum atomic E-state index is 17.0. The number of quaternary nitrogens is 1. The average molecular weight is 754 g/mol. The second-order valence-corrected chi connectivity index (χ2v) is 15.3. The number of aromatic nitrogens is 5. The van der Waals surface area contributed by atoms with Gasteiger partial charge in [0, 0.05) is 81.1 Å². The van der Waals surface area contributed by atoms with Gasteiger partial charge in [-0.25, -0.2) is 13.2 Å². The lowest BCUT2D eigenvalue weighted by atomic mass is 9.95. The number of fused-ring (bicyclic) bond motifs is 3. The van der Waals surface area contributed by atoms with Gasteiger partial charge < -0.3 is 19.4 Å². The molecule has 0 saturated carbocycles. The molecule has 1 unspecified atom stereocenters. The molecule has 278 valence electrons. The van der Waals surface area contributed by atoms with Crippen molar-refractivity contribution < 1.29 is 27.6 Å². The fourth-order valence-electron chi connectivity index (χ4n) is 8.90. The number of ether oxygens (including phenoxy) is 1. The molecule has 6 atom stereocenters. The first-order valence-corrected chi connectivity index (χ1v) is 18.7. The van der Waals surface area contributed by atoms with Gasteiger partial charge in [-0.15, -0.1) is 6.42 Å². The van der Waals surface area contributed by atoms with E-state index in [-0.39, 0.29) is 47.4 Å². The van der Waals surface area contributed by atoms with Gasteiger partial charge in [-0.2, -0.15) is 22.6 Å². The number of pyridine rings is 1. The van der Waals surface area contributed by atoms with Crippen LogP contribution in [0, 0.1) is 24.0 Å². The second-order valence-electron chi connectivity index (χ2n) is 14.7. The molecule has 3 fully saturated rings.